The van der Waals surface area contributed by atoms with Gasteiger partial charge in [0.2, 0.25) is 0 Å². The van der Waals surface area contributed by atoms with Crippen LogP contribution in [0, 0.1) is 13.8 Å². The van der Waals surface area contributed by atoms with E-state index in [1.165, 1.54) is 5.56 Å². The first kappa shape index (κ1) is 17.8. The predicted molar refractivity (Wildman–Crippen MR) is 90.4 cm³/mol. The fraction of sp³-hybridized carbons (Fsp3) is 0.765. The highest BCUT2D eigenvalue weighted by Crippen LogP contribution is 2.34. The van der Waals surface area contributed by atoms with Crippen LogP contribution in [0.3, 0.4) is 0 Å². The predicted octanol–water partition coefficient (Wildman–Crippen LogP) is 3.08. The number of H-pyrrole nitrogens is 1. The van der Waals surface area contributed by atoms with E-state index in [2.05, 4.69) is 15.5 Å². The lowest BCUT2D eigenvalue weighted by Gasteiger charge is -2.30. The summed E-state index contributed by atoms with van der Waals surface area (Å²) in [5, 5.41) is 10.4. The Labute approximate surface area is 139 Å². The Hall–Kier alpha value is -1.56. The van der Waals surface area contributed by atoms with E-state index in [1.54, 1.807) is 7.11 Å². The van der Waals surface area contributed by atoms with Crippen LogP contribution in [0.15, 0.2) is 0 Å². The molecule has 2 atom stereocenters. The number of carbonyl (C=O) groups excluding carboxylic acids is 1. The van der Waals surface area contributed by atoms with Gasteiger partial charge in [-0.15, -0.1) is 0 Å². The molecule has 2 heterocycles. The van der Waals surface area contributed by atoms with Crippen molar-refractivity contribution in [2.24, 2.45) is 0 Å². The second-order valence-electron chi connectivity index (χ2n) is 7.22. The molecule has 6 nitrogen and oxygen atoms in total. The maximum absolute atomic E-state index is 12.7. The quantitative estimate of drug-likeness (QED) is 0.875. The number of hydrogen-bond donors (Lipinski definition) is 2. The molecule has 0 spiro atoms. The van der Waals surface area contributed by atoms with Gasteiger partial charge in [-0.2, -0.15) is 5.10 Å². The molecule has 0 aliphatic carbocycles. The molecule has 0 saturated carbocycles. The van der Waals surface area contributed by atoms with Crippen LogP contribution >= 0.6 is 0 Å². The molecule has 0 bridgehead atoms. The van der Waals surface area contributed by atoms with Gasteiger partial charge in [-0.3, -0.25) is 5.10 Å². The number of urea groups is 1. The molecule has 130 valence electrons. The van der Waals surface area contributed by atoms with Gasteiger partial charge in [0, 0.05) is 31.0 Å². The van der Waals surface area contributed by atoms with Crippen molar-refractivity contribution in [3.63, 3.8) is 0 Å². The number of aryl methyl sites for hydroxylation is 2. The zero-order chi connectivity index (χ0) is 17.2. The number of aromatic amines is 1. The van der Waals surface area contributed by atoms with Crippen LogP contribution in [0.25, 0.3) is 0 Å². The van der Waals surface area contributed by atoms with Gasteiger partial charge < -0.3 is 15.0 Å². The van der Waals surface area contributed by atoms with Crippen molar-refractivity contribution in [3.8, 4) is 0 Å². The number of amides is 2. The molecular weight excluding hydrogens is 292 g/mol. The van der Waals surface area contributed by atoms with Crippen LogP contribution in [-0.2, 0) is 4.74 Å². The number of likely N-dealkylation sites (tertiary alicyclic amines) is 1. The van der Waals surface area contributed by atoms with E-state index in [-0.39, 0.29) is 23.7 Å². The molecule has 2 N–H and O–H groups in total. The third kappa shape index (κ3) is 4.05. The lowest BCUT2D eigenvalue weighted by atomic mass is 10.00. The topological polar surface area (TPSA) is 70.2 Å². The van der Waals surface area contributed by atoms with Crippen molar-refractivity contribution in [3.05, 3.63) is 17.0 Å². The molecule has 1 saturated heterocycles. The Morgan fingerprint density at radius 1 is 1.52 bits per heavy atom. The highest BCUT2D eigenvalue weighted by atomic mass is 16.5. The molecule has 6 heteroatoms. The van der Waals surface area contributed by atoms with E-state index in [0.29, 0.717) is 0 Å². The summed E-state index contributed by atoms with van der Waals surface area (Å²) in [5.74, 6) is 0. The maximum atomic E-state index is 12.7. The molecule has 1 aliphatic rings. The molecule has 2 amide bonds. The molecule has 1 fully saturated rings. The van der Waals surface area contributed by atoms with Gasteiger partial charge in [-0.05, 0) is 53.9 Å². The monoisotopic (exact) mass is 322 g/mol. The maximum Gasteiger partial charge on any atom is 0.318 e. The normalized spacial score (nSPS) is 19.9. The van der Waals surface area contributed by atoms with Crippen molar-refractivity contribution in [2.75, 3.05) is 13.7 Å². The molecule has 0 radical (unpaired) electrons. The minimum atomic E-state index is -0.241. The number of nitrogens with zero attached hydrogens (tertiary/aromatic N) is 2. The number of rotatable bonds is 5. The third-order valence-electron chi connectivity index (χ3n) is 4.75. The van der Waals surface area contributed by atoms with Crippen LogP contribution in [-0.4, -0.2) is 46.4 Å². The highest BCUT2D eigenvalue weighted by molar-refractivity contribution is 5.75. The molecule has 0 aromatic carbocycles. The Bertz CT molecular complexity index is 533. The number of aromatic nitrogens is 2. The SMILES string of the molecule is COC(C)(C)C[C@H](C)NC(=O)N1CCC[C@@H]1c1c(C)n[nH]c1C. The summed E-state index contributed by atoms with van der Waals surface area (Å²) in [6, 6.07) is 0.188. The van der Waals surface area contributed by atoms with Crippen molar-refractivity contribution in [1.29, 1.82) is 0 Å². The first-order valence-electron chi connectivity index (χ1n) is 8.39. The van der Waals surface area contributed by atoms with Crippen molar-refractivity contribution in [2.45, 2.75) is 71.6 Å². The zero-order valence-corrected chi connectivity index (χ0v) is 15.2. The van der Waals surface area contributed by atoms with Crippen LogP contribution < -0.4 is 5.32 Å². The molecule has 2 rings (SSSR count). The second kappa shape index (κ2) is 6.91. The van der Waals surface area contributed by atoms with Crippen LogP contribution in [0.2, 0.25) is 0 Å². The van der Waals surface area contributed by atoms with Gasteiger partial charge in [0.05, 0.1) is 17.3 Å². The molecular formula is C17H30N4O2. The van der Waals surface area contributed by atoms with E-state index in [1.807, 2.05) is 39.5 Å². The van der Waals surface area contributed by atoms with E-state index < -0.39 is 0 Å². The average molecular weight is 322 g/mol. The van der Waals surface area contributed by atoms with Crippen molar-refractivity contribution < 1.29 is 9.53 Å². The van der Waals surface area contributed by atoms with Crippen LogP contribution in [0.5, 0.6) is 0 Å². The fourth-order valence-electron chi connectivity index (χ4n) is 3.53. The summed E-state index contributed by atoms with van der Waals surface area (Å²) in [4.78, 5) is 14.6. The number of carbonyl (C=O) groups is 1. The van der Waals surface area contributed by atoms with E-state index in [9.17, 15) is 4.79 Å². The Balaban J connectivity index is 2.04. The molecule has 1 aliphatic heterocycles. The average Bonchev–Trinajstić information content (AvgIpc) is 3.05. The lowest BCUT2D eigenvalue weighted by Crippen LogP contribution is -2.46. The zero-order valence-electron chi connectivity index (χ0n) is 15.2. The molecule has 0 unspecified atom stereocenters. The Morgan fingerprint density at radius 3 is 2.78 bits per heavy atom. The lowest BCUT2D eigenvalue weighted by molar-refractivity contribution is 0.00910. The van der Waals surface area contributed by atoms with Gasteiger partial charge in [0.25, 0.3) is 0 Å². The minimum Gasteiger partial charge on any atom is -0.379 e. The van der Waals surface area contributed by atoms with Gasteiger partial charge >= 0.3 is 6.03 Å². The van der Waals surface area contributed by atoms with Crippen LogP contribution in [0.4, 0.5) is 4.79 Å². The fourth-order valence-corrected chi connectivity index (χ4v) is 3.53. The number of hydrogen-bond acceptors (Lipinski definition) is 3. The summed E-state index contributed by atoms with van der Waals surface area (Å²) in [6.45, 7) is 10.9. The summed E-state index contributed by atoms with van der Waals surface area (Å²) < 4.78 is 5.45. The molecule has 1 aromatic rings. The largest absolute Gasteiger partial charge is 0.379 e. The van der Waals surface area contributed by atoms with Crippen molar-refractivity contribution >= 4 is 6.03 Å². The van der Waals surface area contributed by atoms with E-state index >= 15 is 0 Å². The summed E-state index contributed by atoms with van der Waals surface area (Å²) >= 11 is 0. The van der Waals surface area contributed by atoms with Gasteiger partial charge in [0.1, 0.15) is 0 Å². The number of methoxy groups -OCH3 is 1. The smallest absolute Gasteiger partial charge is 0.318 e. The summed E-state index contributed by atoms with van der Waals surface area (Å²) in [6.07, 6.45) is 2.80. The van der Waals surface area contributed by atoms with Crippen molar-refractivity contribution in [1.82, 2.24) is 20.4 Å². The second-order valence-corrected chi connectivity index (χ2v) is 7.22. The van der Waals surface area contributed by atoms with Crippen LogP contribution in [0.1, 0.15) is 63.0 Å². The minimum absolute atomic E-state index is 0.00639. The first-order valence-corrected chi connectivity index (χ1v) is 8.39. The molecule has 23 heavy (non-hydrogen) atoms. The Morgan fingerprint density at radius 2 is 2.22 bits per heavy atom. The number of ether oxygens (including phenoxy) is 1. The Kier molecular flexibility index (Phi) is 5.34. The summed E-state index contributed by atoms with van der Waals surface area (Å²) in [5.41, 5.74) is 2.97. The third-order valence-corrected chi connectivity index (χ3v) is 4.75. The molecule has 1 aromatic heterocycles. The van der Waals surface area contributed by atoms with E-state index in [4.69, 9.17) is 4.74 Å². The number of nitrogens with one attached hydrogen (secondary N) is 2. The van der Waals surface area contributed by atoms with Gasteiger partial charge in [0.15, 0.2) is 0 Å². The standard InChI is InChI=1S/C17H30N4O2/c1-11(10-17(4,5)23-6)18-16(22)21-9-7-8-14(21)15-12(2)19-20-13(15)3/h11,14H,7-10H2,1-6H3,(H,18,22)(H,19,20)/t11-,14+/m0/s1. The van der Waals surface area contributed by atoms with E-state index in [0.717, 1.165) is 37.2 Å². The van der Waals surface area contributed by atoms with Gasteiger partial charge in [-0.1, -0.05) is 0 Å². The van der Waals surface area contributed by atoms with Gasteiger partial charge in [-0.25, -0.2) is 4.79 Å². The first-order chi connectivity index (χ1) is 10.7. The highest BCUT2D eigenvalue weighted by Gasteiger charge is 2.33. The summed E-state index contributed by atoms with van der Waals surface area (Å²) in [7, 11) is 1.70.